The van der Waals surface area contributed by atoms with Crippen molar-refractivity contribution in [3.63, 3.8) is 0 Å². The van der Waals surface area contributed by atoms with Crippen molar-refractivity contribution in [2.45, 2.75) is 6.92 Å². The van der Waals surface area contributed by atoms with Crippen LogP contribution < -0.4 is 4.90 Å². The first-order valence-electron chi connectivity index (χ1n) is 7.20. The van der Waals surface area contributed by atoms with E-state index in [2.05, 4.69) is 11.6 Å². The molecule has 0 saturated heterocycles. The predicted molar refractivity (Wildman–Crippen MR) is 92.9 cm³/mol. The van der Waals surface area contributed by atoms with Crippen molar-refractivity contribution < 1.29 is 9.21 Å². The van der Waals surface area contributed by atoms with Crippen LogP contribution in [0.4, 0.5) is 5.69 Å². The largest absolute Gasteiger partial charge is 0.462 e. The molecule has 0 bridgehead atoms. The highest BCUT2D eigenvalue weighted by Gasteiger charge is 2.23. The number of aryl methyl sites for hydroxylation is 1. The van der Waals surface area contributed by atoms with E-state index in [0.29, 0.717) is 23.0 Å². The van der Waals surface area contributed by atoms with Crippen molar-refractivity contribution in [1.29, 1.82) is 0 Å². The summed E-state index contributed by atoms with van der Waals surface area (Å²) < 4.78 is 5.37. The summed E-state index contributed by atoms with van der Waals surface area (Å²) in [6.07, 6.45) is 3.31. The first-order valence-corrected chi connectivity index (χ1v) is 8.01. The maximum atomic E-state index is 12.9. The molecule has 0 aliphatic rings. The number of hydrogen-bond donors (Lipinski definition) is 0. The molecule has 0 saturated carbocycles. The molecule has 0 aliphatic carbocycles. The molecule has 0 aliphatic heterocycles. The van der Waals surface area contributed by atoms with Crippen molar-refractivity contribution in [2.75, 3.05) is 11.4 Å². The Labute approximate surface area is 138 Å². The van der Waals surface area contributed by atoms with Crippen LogP contribution in [0.25, 0.3) is 10.8 Å². The number of thiazole rings is 1. The fourth-order valence-electron chi connectivity index (χ4n) is 2.27. The van der Waals surface area contributed by atoms with Gasteiger partial charge in [-0.2, -0.15) is 0 Å². The summed E-state index contributed by atoms with van der Waals surface area (Å²) >= 11 is 1.45. The van der Waals surface area contributed by atoms with Crippen LogP contribution >= 0.6 is 11.3 Å². The van der Waals surface area contributed by atoms with E-state index < -0.39 is 0 Å². The van der Waals surface area contributed by atoms with Crippen LogP contribution in [-0.4, -0.2) is 17.4 Å². The Morgan fingerprint density at radius 1 is 1.30 bits per heavy atom. The number of hydrogen-bond acceptors (Lipinski definition) is 4. The predicted octanol–water partition coefficient (Wildman–Crippen LogP) is 4.54. The van der Waals surface area contributed by atoms with Crippen LogP contribution in [0.1, 0.15) is 15.4 Å². The van der Waals surface area contributed by atoms with Crippen LogP contribution in [0.5, 0.6) is 0 Å². The lowest BCUT2D eigenvalue weighted by Crippen LogP contribution is -2.31. The molecule has 4 nitrogen and oxygen atoms in total. The van der Waals surface area contributed by atoms with E-state index >= 15 is 0 Å². The quantitative estimate of drug-likeness (QED) is 0.647. The van der Waals surface area contributed by atoms with Crippen LogP contribution in [-0.2, 0) is 0 Å². The summed E-state index contributed by atoms with van der Waals surface area (Å²) in [4.78, 5) is 19.9. The number of furan rings is 1. The summed E-state index contributed by atoms with van der Waals surface area (Å²) in [5.41, 5.74) is 1.27. The van der Waals surface area contributed by atoms with E-state index in [0.717, 1.165) is 10.6 Å². The van der Waals surface area contributed by atoms with Crippen LogP contribution in [0.3, 0.4) is 0 Å². The summed E-state index contributed by atoms with van der Waals surface area (Å²) in [6, 6.07) is 13.2. The van der Waals surface area contributed by atoms with Gasteiger partial charge >= 0.3 is 0 Å². The number of carbonyl (C=O) groups is 1. The number of nitrogens with zero attached hydrogens (tertiary/aromatic N) is 2. The molecule has 0 N–H and O–H groups in total. The molecule has 1 aromatic carbocycles. The maximum absolute atomic E-state index is 12.9. The lowest BCUT2D eigenvalue weighted by atomic mass is 10.2. The van der Waals surface area contributed by atoms with Gasteiger partial charge in [0.25, 0.3) is 5.91 Å². The summed E-state index contributed by atoms with van der Waals surface area (Å²) in [5, 5.41) is 0.711. The fourth-order valence-corrected chi connectivity index (χ4v) is 3.14. The van der Waals surface area contributed by atoms with E-state index in [1.807, 2.05) is 49.4 Å². The number of rotatable bonds is 5. The third-order valence-electron chi connectivity index (χ3n) is 3.36. The number of aromatic nitrogens is 1. The lowest BCUT2D eigenvalue weighted by Gasteiger charge is -2.20. The van der Waals surface area contributed by atoms with Gasteiger partial charge in [-0.1, -0.05) is 24.3 Å². The third-order valence-corrected chi connectivity index (χ3v) is 4.34. The molecule has 3 aromatic rings. The fraction of sp³-hybridized carbons (Fsp3) is 0.111. The van der Waals surface area contributed by atoms with Gasteiger partial charge in [0.1, 0.15) is 5.69 Å². The minimum absolute atomic E-state index is 0.136. The Kier molecular flexibility index (Phi) is 4.39. The van der Waals surface area contributed by atoms with Gasteiger partial charge in [-0.25, -0.2) is 4.98 Å². The van der Waals surface area contributed by atoms with Gasteiger partial charge in [0.05, 0.1) is 6.26 Å². The van der Waals surface area contributed by atoms with Gasteiger partial charge < -0.3 is 9.32 Å². The molecule has 0 atom stereocenters. The zero-order valence-electron chi connectivity index (χ0n) is 12.7. The molecule has 23 heavy (non-hydrogen) atoms. The third kappa shape index (κ3) is 3.10. The molecular weight excluding hydrogens is 308 g/mol. The summed E-state index contributed by atoms with van der Waals surface area (Å²) in [6.45, 7) is 6.07. The molecule has 2 aromatic heterocycles. The second kappa shape index (κ2) is 6.62. The highest BCUT2D eigenvalue weighted by molar-refractivity contribution is 7.15. The zero-order valence-corrected chi connectivity index (χ0v) is 13.5. The molecule has 0 radical (unpaired) electrons. The molecule has 3 rings (SSSR count). The number of benzene rings is 1. The molecule has 0 spiro atoms. The van der Waals surface area contributed by atoms with Gasteiger partial charge in [0.2, 0.25) is 0 Å². The smallest absolute Gasteiger partial charge is 0.278 e. The molecule has 1 amide bonds. The highest BCUT2D eigenvalue weighted by atomic mass is 32.1. The van der Waals surface area contributed by atoms with Crippen LogP contribution in [0.15, 0.2) is 65.8 Å². The van der Waals surface area contributed by atoms with E-state index in [9.17, 15) is 4.79 Å². The number of carbonyl (C=O) groups excluding carboxylic acids is 1. The Bertz CT molecular complexity index is 807. The van der Waals surface area contributed by atoms with E-state index in [1.54, 1.807) is 17.2 Å². The van der Waals surface area contributed by atoms with Gasteiger partial charge in [-0.15, -0.1) is 17.9 Å². The summed E-state index contributed by atoms with van der Waals surface area (Å²) in [7, 11) is 0. The first kappa shape index (κ1) is 15.2. The Morgan fingerprint density at radius 2 is 2.09 bits per heavy atom. The molecule has 2 heterocycles. The minimum atomic E-state index is -0.136. The van der Waals surface area contributed by atoms with Crippen molar-refractivity contribution in [3.8, 4) is 10.8 Å². The molecular formula is C18H16N2O2S. The maximum Gasteiger partial charge on any atom is 0.278 e. The van der Waals surface area contributed by atoms with Crippen molar-refractivity contribution in [1.82, 2.24) is 4.98 Å². The van der Waals surface area contributed by atoms with Gasteiger partial charge in [0, 0.05) is 17.1 Å². The molecule has 5 heteroatoms. The monoisotopic (exact) mass is 324 g/mol. The molecule has 116 valence electrons. The first-order chi connectivity index (χ1) is 11.2. The number of anilines is 1. The zero-order chi connectivity index (χ0) is 16.2. The standard InChI is InChI=1S/C18H16N2O2S/c1-3-11-20(14-8-5-4-6-9-14)18(21)16-13(2)23-17(19-16)15-10-7-12-22-15/h3-10,12H,1,11H2,2H3. The topological polar surface area (TPSA) is 46.3 Å². The van der Waals surface area contributed by atoms with Crippen molar-refractivity contribution in [3.05, 3.63) is 72.0 Å². The Morgan fingerprint density at radius 3 is 2.74 bits per heavy atom. The lowest BCUT2D eigenvalue weighted by molar-refractivity contribution is 0.0985. The molecule has 0 unspecified atom stereocenters. The normalized spacial score (nSPS) is 10.5. The Hall–Kier alpha value is -2.66. The van der Waals surface area contributed by atoms with Crippen molar-refractivity contribution in [2.24, 2.45) is 0 Å². The van der Waals surface area contributed by atoms with E-state index in [-0.39, 0.29) is 5.91 Å². The van der Waals surface area contributed by atoms with Gasteiger partial charge in [-0.05, 0) is 31.2 Å². The second-order valence-corrected chi connectivity index (χ2v) is 6.14. The van der Waals surface area contributed by atoms with Crippen molar-refractivity contribution >= 4 is 22.9 Å². The van der Waals surface area contributed by atoms with Gasteiger partial charge in [0.15, 0.2) is 10.8 Å². The average molecular weight is 324 g/mol. The minimum Gasteiger partial charge on any atom is -0.462 e. The van der Waals surface area contributed by atoms with E-state index in [1.165, 1.54) is 11.3 Å². The SMILES string of the molecule is C=CCN(C(=O)c1nc(-c2ccco2)sc1C)c1ccccc1. The van der Waals surface area contributed by atoms with Crippen LogP contribution in [0, 0.1) is 6.92 Å². The van der Waals surface area contributed by atoms with E-state index in [4.69, 9.17) is 4.42 Å². The van der Waals surface area contributed by atoms with Gasteiger partial charge in [-0.3, -0.25) is 4.79 Å². The summed E-state index contributed by atoms with van der Waals surface area (Å²) in [5.74, 6) is 0.537. The average Bonchev–Trinajstić information content (AvgIpc) is 3.22. The second-order valence-electron chi connectivity index (χ2n) is 4.94. The number of para-hydroxylation sites is 1. The molecule has 0 fully saturated rings. The highest BCUT2D eigenvalue weighted by Crippen LogP contribution is 2.29. The Balaban J connectivity index is 1.96. The van der Waals surface area contributed by atoms with Crippen LogP contribution in [0.2, 0.25) is 0 Å². The number of amides is 1.